The molecule has 0 atom stereocenters. The maximum Gasteiger partial charge on any atom is 0.263 e. The molecule has 30 heavy (non-hydrogen) atoms. The lowest BCUT2D eigenvalue weighted by atomic mass is 10.2. The van der Waals surface area contributed by atoms with E-state index in [9.17, 15) is 4.79 Å². The lowest BCUT2D eigenvalue weighted by molar-refractivity contribution is 0.0955. The molecule has 0 bridgehead atoms. The highest BCUT2D eigenvalue weighted by molar-refractivity contribution is 7.21. The molecule has 6 nitrogen and oxygen atoms in total. The van der Waals surface area contributed by atoms with Crippen LogP contribution in [0.15, 0.2) is 48.0 Å². The molecule has 0 unspecified atom stereocenters. The quantitative estimate of drug-likeness (QED) is 0.538. The summed E-state index contributed by atoms with van der Waals surface area (Å²) in [7, 11) is 1.69. The summed E-state index contributed by atoms with van der Waals surface area (Å²) in [4.78, 5) is 23.4. The van der Waals surface area contributed by atoms with Gasteiger partial charge in [0.15, 0.2) is 0 Å². The van der Waals surface area contributed by atoms with Crippen molar-refractivity contribution in [3.05, 3.63) is 52.9 Å². The van der Waals surface area contributed by atoms with Crippen molar-refractivity contribution in [1.29, 1.82) is 0 Å². The first-order valence-corrected chi connectivity index (χ1v) is 11.8. The third-order valence-corrected chi connectivity index (χ3v) is 7.24. The van der Waals surface area contributed by atoms with Crippen LogP contribution in [0.1, 0.15) is 16.1 Å². The molecule has 158 valence electrons. The highest BCUT2D eigenvalue weighted by atomic mass is 32.1. The fourth-order valence-corrected chi connectivity index (χ4v) is 5.14. The van der Waals surface area contributed by atoms with Crippen molar-refractivity contribution in [3.63, 3.8) is 0 Å². The number of nitrogens with one attached hydrogen (secondary N) is 1. The summed E-state index contributed by atoms with van der Waals surface area (Å²) >= 11 is 3.09. The topological polar surface area (TPSA) is 57.7 Å². The SMILES string of the molecule is COc1ccc(N2CCN(CCCNC(=O)c3cnc(-c4cccs4)s3)CC2)cc1. The zero-order valence-electron chi connectivity index (χ0n) is 17.0. The maximum atomic E-state index is 12.4. The number of piperazine rings is 1. The molecule has 0 spiro atoms. The maximum absolute atomic E-state index is 12.4. The van der Waals surface area contributed by atoms with E-state index in [1.165, 1.54) is 17.0 Å². The first-order valence-electron chi connectivity index (χ1n) is 10.1. The predicted molar refractivity (Wildman–Crippen MR) is 124 cm³/mol. The van der Waals surface area contributed by atoms with Crippen molar-refractivity contribution < 1.29 is 9.53 Å². The number of hydrogen-bond acceptors (Lipinski definition) is 7. The number of amides is 1. The standard InChI is InChI=1S/C22H26N4O2S2/c1-28-18-7-5-17(6-8-18)26-13-11-25(12-14-26)10-3-9-23-21(27)20-16-24-22(30-20)19-4-2-15-29-19/h2,4-8,15-16H,3,9-14H2,1H3,(H,23,27). The molecular formula is C22H26N4O2S2. The Labute approximate surface area is 185 Å². The number of aromatic nitrogens is 1. The van der Waals surface area contributed by atoms with Crippen molar-refractivity contribution in [2.75, 3.05) is 51.3 Å². The number of thiazole rings is 1. The molecule has 1 aromatic carbocycles. The zero-order chi connectivity index (χ0) is 20.8. The number of hydrogen-bond donors (Lipinski definition) is 1. The van der Waals surface area contributed by atoms with Gasteiger partial charge in [0.25, 0.3) is 5.91 Å². The number of methoxy groups -OCH3 is 1. The molecule has 1 fully saturated rings. The van der Waals surface area contributed by atoms with Crippen molar-refractivity contribution >= 4 is 34.3 Å². The van der Waals surface area contributed by atoms with Crippen LogP contribution in [0.3, 0.4) is 0 Å². The van der Waals surface area contributed by atoms with Gasteiger partial charge >= 0.3 is 0 Å². The normalized spacial score (nSPS) is 14.6. The lowest BCUT2D eigenvalue weighted by Gasteiger charge is -2.36. The third kappa shape index (κ3) is 5.19. The van der Waals surface area contributed by atoms with Crippen molar-refractivity contribution in [3.8, 4) is 15.6 Å². The second kappa shape index (κ2) is 10.1. The number of carbonyl (C=O) groups excluding carboxylic acids is 1. The van der Waals surface area contributed by atoms with Crippen LogP contribution in [-0.4, -0.2) is 62.2 Å². The first kappa shape index (κ1) is 20.8. The van der Waals surface area contributed by atoms with Crippen LogP contribution in [0, 0.1) is 0 Å². The Balaban J connectivity index is 1.15. The summed E-state index contributed by atoms with van der Waals surface area (Å²) in [5.41, 5.74) is 1.24. The Morgan fingerprint density at radius 3 is 2.67 bits per heavy atom. The summed E-state index contributed by atoms with van der Waals surface area (Å²) < 4.78 is 5.23. The molecule has 1 saturated heterocycles. The molecule has 0 aliphatic carbocycles. The number of rotatable bonds is 8. The van der Waals surface area contributed by atoms with Gasteiger partial charge in [-0.25, -0.2) is 4.98 Å². The lowest BCUT2D eigenvalue weighted by Crippen LogP contribution is -2.47. The number of anilines is 1. The molecule has 1 amide bonds. The largest absolute Gasteiger partial charge is 0.497 e. The molecule has 8 heteroatoms. The minimum Gasteiger partial charge on any atom is -0.497 e. The van der Waals surface area contributed by atoms with E-state index >= 15 is 0 Å². The predicted octanol–water partition coefficient (Wildman–Crippen LogP) is 3.82. The average Bonchev–Trinajstić information content (AvgIpc) is 3.49. The van der Waals surface area contributed by atoms with Crippen LogP contribution >= 0.6 is 22.7 Å². The van der Waals surface area contributed by atoms with Crippen molar-refractivity contribution in [2.24, 2.45) is 0 Å². The molecule has 3 aromatic rings. The number of benzene rings is 1. The van der Waals surface area contributed by atoms with Crippen molar-refractivity contribution in [2.45, 2.75) is 6.42 Å². The molecule has 1 aliphatic heterocycles. The van der Waals surface area contributed by atoms with Crippen LogP contribution in [-0.2, 0) is 0 Å². The van der Waals surface area contributed by atoms with Gasteiger partial charge in [-0.3, -0.25) is 9.69 Å². The number of nitrogens with zero attached hydrogens (tertiary/aromatic N) is 3. The van der Waals surface area contributed by atoms with E-state index in [1.807, 2.05) is 29.6 Å². The summed E-state index contributed by atoms with van der Waals surface area (Å²) in [6, 6.07) is 12.3. The molecule has 2 aromatic heterocycles. The van der Waals surface area contributed by atoms with E-state index in [0.717, 1.165) is 54.8 Å². The summed E-state index contributed by atoms with van der Waals surface area (Å²) in [6.45, 7) is 5.80. The molecule has 3 heterocycles. The first-order chi connectivity index (χ1) is 14.7. The van der Waals surface area contributed by atoms with E-state index in [2.05, 4.69) is 32.2 Å². The van der Waals surface area contributed by atoms with Gasteiger partial charge < -0.3 is 15.0 Å². The molecule has 1 aliphatic rings. The monoisotopic (exact) mass is 442 g/mol. The molecule has 0 radical (unpaired) electrons. The smallest absolute Gasteiger partial charge is 0.263 e. The number of thiophene rings is 1. The van der Waals surface area contributed by atoms with Gasteiger partial charge in [-0.05, 0) is 48.7 Å². The van der Waals surface area contributed by atoms with Gasteiger partial charge in [-0.2, -0.15) is 0 Å². The minimum atomic E-state index is -0.0281. The molecular weight excluding hydrogens is 416 g/mol. The zero-order valence-corrected chi connectivity index (χ0v) is 18.7. The fourth-order valence-electron chi connectivity index (χ4n) is 3.51. The van der Waals surface area contributed by atoms with Gasteiger partial charge in [0.1, 0.15) is 15.6 Å². The summed E-state index contributed by atoms with van der Waals surface area (Å²) in [6.07, 6.45) is 2.62. The summed E-state index contributed by atoms with van der Waals surface area (Å²) in [5.74, 6) is 0.861. The van der Waals surface area contributed by atoms with Crippen LogP contribution in [0.2, 0.25) is 0 Å². The van der Waals surface area contributed by atoms with Gasteiger partial charge in [0, 0.05) is 38.4 Å². The Morgan fingerprint density at radius 2 is 1.97 bits per heavy atom. The molecule has 1 N–H and O–H groups in total. The van der Waals surface area contributed by atoms with Crippen LogP contribution in [0.4, 0.5) is 5.69 Å². The van der Waals surface area contributed by atoms with Gasteiger partial charge in [-0.15, -0.1) is 22.7 Å². The van der Waals surface area contributed by atoms with Crippen LogP contribution in [0.25, 0.3) is 9.88 Å². The van der Waals surface area contributed by atoms with E-state index in [1.54, 1.807) is 24.6 Å². The Hall–Kier alpha value is -2.42. The van der Waals surface area contributed by atoms with E-state index in [4.69, 9.17) is 4.74 Å². The highest BCUT2D eigenvalue weighted by Gasteiger charge is 2.17. The average molecular weight is 443 g/mol. The highest BCUT2D eigenvalue weighted by Crippen LogP contribution is 2.28. The minimum absolute atomic E-state index is 0.0281. The Bertz CT molecular complexity index is 932. The third-order valence-electron chi connectivity index (χ3n) is 5.21. The second-order valence-electron chi connectivity index (χ2n) is 7.14. The second-order valence-corrected chi connectivity index (χ2v) is 9.12. The van der Waals surface area contributed by atoms with Gasteiger partial charge in [-0.1, -0.05) is 6.07 Å². The van der Waals surface area contributed by atoms with Gasteiger partial charge in [0.05, 0.1) is 18.2 Å². The Kier molecular flexibility index (Phi) is 6.99. The van der Waals surface area contributed by atoms with E-state index in [-0.39, 0.29) is 5.91 Å². The molecule has 4 rings (SSSR count). The van der Waals surface area contributed by atoms with E-state index in [0.29, 0.717) is 11.4 Å². The fraction of sp³-hybridized carbons (Fsp3) is 0.364. The van der Waals surface area contributed by atoms with E-state index < -0.39 is 0 Å². The number of ether oxygens (including phenoxy) is 1. The van der Waals surface area contributed by atoms with Gasteiger partial charge in [0.2, 0.25) is 0 Å². The van der Waals surface area contributed by atoms with Crippen LogP contribution < -0.4 is 15.0 Å². The molecule has 0 saturated carbocycles. The van der Waals surface area contributed by atoms with Crippen molar-refractivity contribution in [1.82, 2.24) is 15.2 Å². The van der Waals surface area contributed by atoms with Crippen LogP contribution in [0.5, 0.6) is 5.75 Å². The number of carbonyl (C=O) groups is 1. The Morgan fingerprint density at radius 1 is 1.17 bits per heavy atom. The summed E-state index contributed by atoms with van der Waals surface area (Å²) in [5, 5.41) is 5.96.